The van der Waals surface area contributed by atoms with Crippen LogP contribution in [0.3, 0.4) is 0 Å². The summed E-state index contributed by atoms with van der Waals surface area (Å²) >= 11 is 3.27. The second-order valence-corrected chi connectivity index (χ2v) is 5.18. The van der Waals surface area contributed by atoms with Gasteiger partial charge in [0.1, 0.15) is 0 Å². The van der Waals surface area contributed by atoms with E-state index in [4.69, 9.17) is 9.15 Å². The van der Waals surface area contributed by atoms with Crippen LogP contribution < -0.4 is 0 Å². The Morgan fingerprint density at radius 2 is 2.40 bits per heavy atom. The van der Waals surface area contributed by atoms with E-state index in [0.717, 1.165) is 24.5 Å². The molecule has 0 saturated carbocycles. The molecule has 2 rings (SSSR count). The Morgan fingerprint density at radius 3 is 3.13 bits per heavy atom. The predicted octanol–water partition coefficient (Wildman–Crippen LogP) is 2.20. The van der Waals surface area contributed by atoms with E-state index in [9.17, 15) is 0 Å². The molecular weight excluding hydrogens is 232 g/mol. The van der Waals surface area contributed by atoms with Crippen LogP contribution in [0.1, 0.15) is 18.7 Å². The van der Waals surface area contributed by atoms with Crippen molar-refractivity contribution in [3.63, 3.8) is 0 Å². The minimum Gasteiger partial charge on any atom is -0.415 e. The van der Waals surface area contributed by atoms with Crippen molar-refractivity contribution >= 4 is 23.5 Å². The van der Waals surface area contributed by atoms with Gasteiger partial charge in [0.05, 0.1) is 11.9 Å². The van der Waals surface area contributed by atoms with Crippen molar-refractivity contribution in [1.82, 2.24) is 10.2 Å². The maximum absolute atomic E-state index is 5.51. The zero-order valence-electron chi connectivity index (χ0n) is 8.64. The van der Waals surface area contributed by atoms with Gasteiger partial charge in [-0.3, -0.25) is 0 Å². The molecule has 1 aliphatic rings. The molecule has 15 heavy (non-hydrogen) atoms. The fourth-order valence-corrected chi connectivity index (χ4v) is 2.63. The first-order valence-electron chi connectivity index (χ1n) is 4.94. The molecule has 0 bridgehead atoms. The lowest BCUT2D eigenvalue weighted by molar-refractivity contribution is 0.128. The fraction of sp³-hybridized carbons (Fsp3) is 0.778. The summed E-state index contributed by atoms with van der Waals surface area (Å²) in [4.78, 5) is 0. The van der Waals surface area contributed by atoms with E-state index in [2.05, 4.69) is 10.2 Å². The highest BCUT2D eigenvalue weighted by atomic mass is 32.2. The number of nitrogens with zero attached hydrogens (tertiary/aromatic N) is 2. The van der Waals surface area contributed by atoms with Gasteiger partial charge in [0.25, 0.3) is 5.22 Å². The molecule has 0 aromatic carbocycles. The number of thioether (sulfide) groups is 2. The van der Waals surface area contributed by atoms with Gasteiger partial charge in [-0.25, -0.2) is 0 Å². The summed E-state index contributed by atoms with van der Waals surface area (Å²) in [6.07, 6.45) is 4.71. The third kappa shape index (κ3) is 3.39. The molecular formula is C9H14N2O2S2. The summed E-state index contributed by atoms with van der Waals surface area (Å²) in [6, 6.07) is 0. The molecule has 2 heterocycles. The van der Waals surface area contributed by atoms with E-state index in [1.165, 1.54) is 6.42 Å². The standard InChI is InChI=1S/C9H14N2O2S2/c1-14-6-8-10-11-9(13-8)15-5-7-3-2-4-12-7/h7H,2-6H2,1H3. The molecule has 1 unspecified atom stereocenters. The smallest absolute Gasteiger partial charge is 0.276 e. The summed E-state index contributed by atoms with van der Waals surface area (Å²) in [5, 5.41) is 8.59. The third-order valence-electron chi connectivity index (χ3n) is 2.13. The molecule has 0 spiro atoms. The minimum atomic E-state index is 0.367. The van der Waals surface area contributed by atoms with Crippen LogP contribution in [0.15, 0.2) is 9.64 Å². The van der Waals surface area contributed by atoms with Gasteiger partial charge in [-0.1, -0.05) is 11.8 Å². The topological polar surface area (TPSA) is 48.2 Å². The second kappa shape index (κ2) is 5.77. The molecule has 1 fully saturated rings. The normalized spacial score (nSPS) is 21.0. The Hall–Kier alpha value is -0.200. The Kier molecular flexibility index (Phi) is 4.34. The summed E-state index contributed by atoms with van der Waals surface area (Å²) in [6.45, 7) is 0.896. The monoisotopic (exact) mass is 246 g/mol. The van der Waals surface area contributed by atoms with Crippen LogP contribution in [0.5, 0.6) is 0 Å². The van der Waals surface area contributed by atoms with Gasteiger partial charge in [-0.2, -0.15) is 11.8 Å². The van der Waals surface area contributed by atoms with E-state index < -0.39 is 0 Å². The molecule has 0 amide bonds. The lowest BCUT2D eigenvalue weighted by atomic mass is 10.3. The zero-order valence-corrected chi connectivity index (χ0v) is 10.3. The van der Waals surface area contributed by atoms with E-state index in [1.54, 1.807) is 23.5 Å². The summed E-state index contributed by atoms with van der Waals surface area (Å²) in [5.41, 5.74) is 0. The maximum Gasteiger partial charge on any atom is 0.276 e. The van der Waals surface area contributed by atoms with Crippen LogP contribution in [0.4, 0.5) is 0 Å². The van der Waals surface area contributed by atoms with Gasteiger partial charge in [-0.05, 0) is 19.1 Å². The van der Waals surface area contributed by atoms with E-state index in [1.807, 2.05) is 6.26 Å². The molecule has 1 saturated heterocycles. The van der Waals surface area contributed by atoms with Crippen LogP contribution in [0.2, 0.25) is 0 Å². The molecule has 1 aromatic heterocycles. The molecule has 0 aliphatic carbocycles. The lowest BCUT2D eigenvalue weighted by Crippen LogP contribution is -2.07. The summed E-state index contributed by atoms with van der Waals surface area (Å²) in [7, 11) is 0. The number of hydrogen-bond acceptors (Lipinski definition) is 6. The molecule has 84 valence electrons. The number of aromatic nitrogens is 2. The molecule has 0 N–H and O–H groups in total. The quantitative estimate of drug-likeness (QED) is 0.742. The van der Waals surface area contributed by atoms with Crippen molar-refractivity contribution in [2.45, 2.75) is 29.9 Å². The first-order chi connectivity index (χ1) is 7.38. The third-order valence-corrected chi connectivity index (χ3v) is 3.62. The van der Waals surface area contributed by atoms with Crippen LogP contribution in [0, 0.1) is 0 Å². The van der Waals surface area contributed by atoms with Crippen molar-refractivity contribution < 1.29 is 9.15 Å². The highest BCUT2D eigenvalue weighted by Crippen LogP contribution is 2.23. The number of ether oxygens (including phenoxy) is 1. The minimum absolute atomic E-state index is 0.367. The first-order valence-corrected chi connectivity index (χ1v) is 7.32. The SMILES string of the molecule is CSCc1nnc(SCC2CCCO2)o1. The average molecular weight is 246 g/mol. The average Bonchev–Trinajstić information content (AvgIpc) is 2.85. The Balaban J connectivity index is 1.77. The van der Waals surface area contributed by atoms with Gasteiger partial charge in [0, 0.05) is 12.4 Å². The Labute approximate surface area is 97.5 Å². The maximum atomic E-state index is 5.51. The van der Waals surface area contributed by atoms with E-state index in [0.29, 0.717) is 17.2 Å². The van der Waals surface area contributed by atoms with Gasteiger partial charge >= 0.3 is 0 Å². The van der Waals surface area contributed by atoms with Crippen LogP contribution in [-0.2, 0) is 10.5 Å². The van der Waals surface area contributed by atoms with Crippen molar-refractivity contribution in [3.8, 4) is 0 Å². The molecule has 0 radical (unpaired) electrons. The Bertz CT molecular complexity index is 300. The van der Waals surface area contributed by atoms with Crippen molar-refractivity contribution in [2.24, 2.45) is 0 Å². The number of rotatable bonds is 5. The highest BCUT2D eigenvalue weighted by molar-refractivity contribution is 7.99. The Morgan fingerprint density at radius 1 is 1.47 bits per heavy atom. The summed E-state index contributed by atoms with van der Waals surface area (Å²) in [5.74, 6) is 2.41. The predicted molar refractivity (Wildman–Crippen MR) is 61.2 cm³/mol. The summed E-state index contributed by atoms with van der Waals surface area (Å²) < 4.78 is 11.0. The van der Waals surface area contributed by atoms with E-state index >= 15 is 0 Å². The zero-order chi connectivity index (χ0) is 10.5. The molecule has 1 atom stereocenters. The molecule has 4 nitrogen and oxygen atoms in total. The largest absolute Gasteiger partial charge is 0.415 e. The molecule has 6 heteroatoms. The lowest BCUT2D eigenvalue weighted by Gasteiger charge is -2.05. The molecule has 1 aliphatic heterocycles. The van der Waals surface area contributed by atoms with Crippen LogP contribution >= 0.6 is 23.5 Å². The second-order valence-electron chi connectivity index (χ2n) is 3.34. The molecule has 1 aromatic rings. The fourth-order valence-electron chi connectivity index (χ4n) is 1.42. The number of hydrogen-bond donors (Lipinski definition) is 0. The van der Waals surface area contributed by atoms with Gasteiger partial charge in [-0.15, -0.1) is 10.2 Å². The van der Waals surface area contributed by atoms with Crippen LogP contribution in [0.25, 0.3) is 0 Å². The van der Waals surface area contributed by atoms with E-state index in [-0.39, 0.29) is 0 Å². The highest BCUT2D eigenvalue weighted by Gasteiger charge is 2.17. The first kappa shape index (κ1) is 11.3. The van der Waals surface area contributed by atoms with Gasteiger partial charge in [0.15, 0.2) is 0 Å². The van der Waals surface area contributed by atoms with Gasteiger partial charge < -0.3 is 9.15 Å². The van der Waals surface area contributed by atoms with Crippen molar-refractivity contribution in [1.29, 1.82) is 0 Å². The van der Waals surface area contributed by atoms with Crippen LogP contribution in [-0.4, -0.2) is 34.9 Å². The van der Waals surface area contributed by atoms with Gasteiger partial charge in [0.2, 0.25) is 5.89 Å². The van der Waals surface area contributed by atoms with Crippen molar-refractivity contribution in [3.05, 3.63) is 5.89 Å². The van der Waals surface area contributed by atoms with Crippen molar-refractivity contribution in [2.75, 3.05) is 18.6 Å².